The summed E-state index contributed by atoms with van der Waals surface area (Å²) in [4.78, 5) is 14.3. The van der Waals surface area contributed by atoms with E-state index in [1.807, 2.05) is 6.92 Å². The molecule has 1 aromatic heterocycles. The van der Waals surface area contributed by atoms with Crippen LogP contribution in [0.15, 0.2) is 10.9 Å². The third kappa shape index (κ3) is 3.92. The fourth-order valence-corrected chi connectivity index (χ4v) is 3.49. The number of rotatable bonds is 5. The highest BCUT2D eigenvalue weighted by molar-refractivity contribution is 5.30. The van der Waals surface area contributed by atoms with Gasteiger partial charge in [-0.3, -0.25) is 9.69 Å². The monoisotopic (exact) mass is 306 g/mol. The molecule has 0 atom stereocenters. The molecule has 0 aliphatic heterocycles. The topological polar surface area (TPSA) is 45.5 Å². The lowest BCUT2D eigenvalue weighted by Crippen LogP contribution is -2.34. The van der Waals surface area contributed by atoms with E-state index in [1.54, 1.807) is 6.07 Å². The van der Waals surface area contributed by atoms with Gasteiger partial charge in [0.05, 0.1) is 5.69 Å². The van der Waals surface area contributed by atoms with Crippen LogP contribution in [0.1, 0.15) is 57.3 Å². The van der Waals surface area contributed by atoms with Gasteiger partial charge in [-0.2, -0.15) is 0 Å². The van der Waals surface area contributed by atoms with Gasteiger partial charge < -0.3 is 9.67 Å². The van der Waals surface area contributed by atoms with Crippen LogP contribution in [0.5, 0.6) is 5.75 Å². The Morgan fingerprint density at radius 2 is 1.95 bits per heavy atom. The molecule has 0 amide bonds. The van der Waals surface area contributed by atoms with Gasteiger partial charge in [-0.05, 0) is 32.7 Å². The molecule has 1 saturated carbocycles. The molecular weight excluding hydrogens is 276 g/mol. The Hall–Kier alpha value is -1.29. The summed E-state index contributed by atoms with van der Waals surface area (Å²) in [7, 11) is 2.11. The van der Waals surface area contributed by atoms with Gasteiger partial charge in [0.2, 0.25) is 5.43 Å². The molecule has 0 unspecified atom stereocenters. The lowest BCUT2D eigenvalue weighted by atomic mass is 9.94. The van der Waals surface area contributed by atoms with Crippen molar-refractivity contribution in [3.63, 3.8) is 0 Å². The summed E-state index contributed by atoms with van der Waals surface area (Å²) in [5, 5.41) is 10.3. The van der Waals surface area contributed by atoms with Gasteiger partial charge >= 0.3 is 0 Å². The van der Waals surface area contributed by atoms with Crippen molar-refractivity contribution in [2.24, 2.45) is 5.92 Å². The Morgan fingerprint density at radius 1 is 1.32 bits per heavy atom. The molecule has 1 aliphatic carbocycles. The molecule has 22 heavy (non-hydrogen) atoms. The van der Waals surface area contributed by atoms with Crippen LogP contribution in [-0.4, -0.2) is 27.7 Å². The summed E-state index contributed by atoms with van der Waals surface area (Å²) in [5.41, 5.74) is 1.44. The number of hydrogen-bond donors (Lipinski definition) is 1. The second kappa shape index (κ2) is 7.32. The molecular formula is C18H30N2O2. The van der Waals surface area contributed by atoms with Crippen molar-refractivity contribution in [2.45, 2.75) is 72.0 Å². The zero-order valence-electron chi connectivity index (χ0n) is 14.4. The highest BCUT2D eigenvalue weighted by atomic mass is 16.3. The smallest absolute Gasteiger partial charge is 0.223 e. The minimum atomic E-state index is -0.260. The zero-order chi connectivity index (χ0) is 16.3. The van der Waals surface area contributed by atoms with Gasteiger partial charge in [-0.1, -0.05) is 33.1 Å². The maximum atomic E-state index is 12.0. The lowest BCUT2D eigenvalue weighted by molar-refractivity contribution is 0.177. The molecule has 4 heteroatoms. The fourth-order valence-electron chi connectivity index (χ4n) is 3.49. The van der Waals surface area contributed by atoms with E-state index in [1.165, 1.54) is 32.1 Å². The minimum absolute atomic E-state index is 0.0751. The molecule has 2 rings (SSSR count). The summed E-state index contributed by atoms with van der Waals surface area (Å²) in [6.45, 7) is 7.73. The van der Waals surface area contributed by atoms with Gasteiger partial charge in [-0.25, -0.2) is 0 Å². The maximum Gasteiger partial charge on any atom is 0.223 e. The molecule has 0 spiro atoms. The minimum Gasteiger partial charge on any atom is -0.503 e. The quantitative estimate of drug-likeness (QED) is 0.908. The van der Waals surface area contributed by atoms with E-state index in [0.29, 0.717) is 18.5 Å². The van der Waals surface area contributed by atoms with Crippen LogP contribution in [0.4, 0.5) is 0 Å². The molecule has 1 aliphatic rings. The van der Waals surface area contributed by atoms with Crippen molar-refractivity contribution in [3.05, 3.63) is 27.7 Å². The van der Waals surface area contributed by atoms with E-state index in [9.17, 15) is 9.90 Å². The van der Waals surface area contributed by atoms with Gasteiger partial charge in [0.15, 0.2) is 5.75 Å². The van der Waals surface area contributed by atoms with E-state index in [0.717, 1.165) is 17.9 Å². The molecule has 1 fully saturated rings. The number of aromatic hydroxyl groups is 1. The van der Waals surface area contributed by atoms with Gasteiger partial charge in [0.25, 0.3) is 0 Å². The number of hydrogen-bond acceptors (Lipinski definition) is 3. The van der Waals surface area contributed by atoms with Crippen LogP contribution >= 0.6 is 0 Å². The molecule has 0 aromatic carbocycles. The van der Waals surface area contributed by atoms with Crippen molar-refractivity contribution >= 4 is 0 Å². The molecule has 1 N–H and O–H groups in total. The molecule has 0 bridgehead atoms. The lowest BCUT2D eigenvalue weighted by Gasteiger charge is -2.32. The van der Waals surface area contributed by atoms with Crippen LogP contribution in [0.25, 0.3) is 0 Å². The van der Waals surface area contributed by atoms with Crippen LogP contribution in [-0.2, 0) is 13.1 Å². The Labute approximate surface area is 133 Å². The summed E-state index contributed by atoms with van der Waals surface area (Å²) < 4.78 is 2.11. The summed E-state index contributed by atoms with van der Waals surface area (Å²) in [5.74, 6) is 0.397. The Kier molecular flexibility index (Phi) is 5.68. The standard InChI is InChI=1S/C18H30N2O2/c1-13(2)11-20-14(3)10-17(21)18(22)16(20)12-19(4)15-8-6-5-7-9-15/h10,13,15,22H,5-9,11-12H2,1-4H3. The van der Waals surface area contributed by atoms with Crippen molar-refractivity contribution in [1.29, 1.82) is 0 Å². The zero-order valence-corrected chi connectivity index (χ0v) is 14.4. The molecule has 124 valence electrons. The average molecular weight is 306 g/mol. The molecule has 1 heterocycles. The van der Waals surface area contributed by atoms with E-state index in [-0.39, 0.29) is 11.2 Å². The van der Waals surface area contributed by atoms with Crippen molar-refractivity contribution in [2.75, 3.05) is 7.05 Å². The van der Waals surface area contributed by atoms with Crippen LogP contribution in [0.2, 0.25) is 0 Å². The highest BCUT2D eigenvalue weighted by Gasteiger charge is 2.21. The number of pyridine rings is 1. The summed E-state index contributed by atoms with van der Waals surface area (Å²) >= 11 is 0. The summed E-state index contributed by atoms with van der Waals surface area (Å²) in [6, 6.07) is 2.11. The largest absolute Gasteiger partial charge is 0.503 e. The van der Waals surface area contributed by atoms with Crippen LogP contribution < -0.4 is 5.43 Å². The van der Waals surface area contributed by atoms with Gasteiger partial charge in [0, 0.05) is 30.9 Å². The Balaban J connectivity index is 2.29. The first-order valence-corrected chi connectivity index (χ1v) is 8.52. The number of aryl methyl sites for hydroxylation is 1. The predicted molar refractivity (Wildman–Crippen MR) is 90.3 cm³/mol. The Bertz CT molecular complexity index is 557. The van der Waals surface area contributed by atoms with E-state index in [2.05, 4.69) is 30.4 Å². The van der Waals surface area contributed by atoms with Crippen LogP contribution in [0.3, 0.4) is 0 Å². The van der Waals surface area contributed by atoms with Gasteiger partial charge in [-0.15, -0.1) is 0 Å². The average Bonchev–Trinajstić information content (AvgIpc) is 2.48. The molecule has 0 radical (unpaired) electrons. The van der Waals surface area contributed by atoms with E-state index >= 15 is 0 Å². The molecule has 4 nitrogen and oxygen atoms in total. The SMILES string of the molecule is Cc1cc(=O)c(O)c(CN(C)C2CCCCC2)n1CC(C)C. The van der Waals surface area contributed by atoms with E-state index < -0.39 is 0 Å². The molecule has 1 aromatic rings. The normalized spacial score (nSPS) is 16.6. The maximum absolute atomic E-state index is 12.0. The first-order chi connectivity index (χ1) is 10.4. The molecule has 0 saturated heterocycles. The van der Waals surface area contributed by atoms with Gasteiger partial charge in [0.1, 0.15) is 0 Å². The third-order valence-electron chi connectivity index (χ3n) is 4.74. The summed E-state index contributed by atoms with van der Waals surface area (Å²) in [6.07, 6.45) is 6.34. The second-order valence-corrected chi connectivity index (χ2v) is 7.16. The number of nitrogens with zero attached hydrogens (tertiary/aromatic N) is 2. The fraction of sp³-hybridized carbons (Fsp3) is 0.722. The highest BCUT2D eigenvalue weighted by Crippen LogP contribution is 2.25. The third-order valence-corrected chi connectivity index (χ3v) is 4.74. The second-order valence-electron chi connectivity index (χ2n) is 7.16. The van der Waals surface area contributed by atoms with Crippen molar-refractivity contribution in [3.8, 4) is 5.75 Å². The van der Waals surface area contributed by atoms with Crippen molar-refractivity contribution in [1.82, 2.24) is 9.47 Å². The van der Waals surface area contributed by atoms with E-state index in [4.69, 9.17) is 0 Å². The number of aromatic nitrogens is 1. The first-order valence-electron chi connectivity index (χ1n) is 8.52. The van der Waals surface area contributed by atoms with Crippen molar-refractivity contribution < 1.29 is 5.11 Å². The Morgan fingerprint density at radius 3 is 2.55 bits per heavy atom. The predicted octanol–water partition coefficient (Wildman–Crippen LogP) is 3.28. The van der Waals surface area contributed by atoms with Crippen LogP contribution in [0, 0.1) is 12.8 Å². The first kappa shape index (κ1) is 17.1.